The fourth-order valence-corrected chi connectivity index (χ4v) is 9.85. The van der Waals surface area contributed by atoms with E-state index in [4.69, 9.17) is 22.9 Å². The third-order valence-corrected chi connectivity index (χ3v) is 15.8. The van der Waals surface area contributed by atoms with Crippen molar-refractivity contribution in [2.24, 2.45) is 40.7 Å². The molecule has 0 aliphatic rings. The maximum Gasteiger partial charge on any atom is 0.326 e. The van der Waals surface area contributed by atoms with E-state index in [9.17, 15) is 92.0 Å². The van der Waals surface area contributed by atoms with Gasteiger partial charge in [-0.25, -0.2) is 9.78 Å². The molecule has 3 rings (SSSR count). The number of imidazole rings is 1. The first-order valence-electron chi connectivity index (χ1n) is 31.8. The van der Waals surface area contributed by atoms with Gasteiger partial charge in [0.25, 0.3) is 5.91 Å². The number of carbonyl (C=O) groups excluding carboxylic acids is 15. The summed E-state index contributed by atoms with van der Waals surface area (Å²) in [6, 6.07) is -10.9. The number of amides is 15. The number of nitrogens with zero attached hydrogens (tertiary/aromatic N) is 1. The number of carboxylic acid groups (broad SMARTS) is 1. The predicted molar refractivity (Wildman–Crippen MR) is 348 cm³/mol. The molecule has 38 heteroatoms. The molecule has 0 saturated carbocycles. The van der Waals surface area contributed by atoms with Crippen LogP contribution in [0.1, 0.15) is 111 Å². The van der Waals surface area contributed by atoms with E-state index in [-0.39, 0.29) is 50.9 Å². The number of nitrogens with two attached hydrogens (primary N) is 4. The minimum atomic E-state index is -2.04. The molecule has 0 aliphatic carbocycles. The number of carbonyl (C=O) groups is 16. The zero-order valence-electron chi connectivity index (χ0n) is 56.0. The Labute approximate surface area is 568 Å². The zero-order valence-corrected chi connectivity index (χ0v) is 56.0. The molecule has 2 aromatic heterocycles. The number of para-hydroxylation sites is 1. The summed E-state index contributed by atoms with van der Waals surface area (Å²) < 4.78 is 0. The summed E-state index contributed by atoms with van der Waals surface area (Å²) in [5.41, 5.74) is 26.4. The van der Waals surface area contributed by atoms with Gasteiger partial charge >= 0.3 is 5.97 Å². The molecule has 0 radical (unpaired) electrons. The van der Waals surface area contributed by atoms with Gasteiger partial charge in [0.1, 0.15) is 60.4 Å². The Balaban J connectivity index is 1.84. The molecular weight excluding hydrogens is 1300 g/mol. The van der Waals surface area contributed by atoms with Crippen LogP contribution in [0.15, 0.2) is 43.0 Å². The average molecular weight is 1400 g/mol. The van der Waals surface area contributed by atoms with Crippen LogP contribution in [0.3, 0.4) is 0 Å². The number of H-pyrrole nitrogens is 2. The van der Waals surface area contributed by atoms with Crippen LogP contribution in [0.25, 0.3) is 10.9 Å². The van der Waals surface area contributed by atoms with Crippen LogP contribution < -0.4 is 87.2 Å². The second-order valence-corrected chi connectivity index (χ2v) is 24.4. The maximum atomic E-state index is 14.6. The van der Waals surface area contributed by atoms with Gasteiger partial charge in [-0.1, -0.05) is 72.6 Å². The molecule has 15 amide bonds. The number of aromatic nitrogens is 3. The number of hydrogen-bond donors (Lipinski definition) is 21. The van der Waals surface area contributed by atoms with Gasteiger partial charge in [0, 0.05) is 54.7 Å². The van der Waals surface area contributed by atoms with Gasteiger partial charge in [-0.15, -0.1) is 0 Å². The molecule has 99 heavy (non-hydrogen) atoms. The molecular formula is C61H94N19O19+. The van der Waals surface area contributed by atoms with E-state index in [0.29, 0.717) is 22.2 Å². The van der Waals surface area contributed by atoms with Gasteiger partial charge in [-0.05, 0) is 42.7 Å². The molecule has 27 N–H and O–H groups in total. The lowest BCUT2D eigenvalue weighted by Crippen LogP contribution is -2.69. The Hall–Kier alpha value is -10.6. The van der Waals surface area contributed by atoms with Gasteiger partial charge in [0.15, 0.2) is 6.04 Å². The van der Waals surface area contributed by atoms with Crippen molar-refractivity contribution in [3.63, 3.8) is 0 Å². The number of aliphatic carboxylic acids is 1. The molecule has 0 bridgehead atoms. The number of benzene rings is 1. The highest BCUT2D eigenvalue weighted by Gasteiger charge is 2.39. The molecule has 0 fully saturated rings. The number of carboxylic acids is 1. The molecule has 3 aromatic rings. The molecule has 38 nitrogen and oxygen atoms in total. The monoisotopic (exact) mass is 1400 g/mol. The minimum absolute atomic E-state index is 0.0187. The van der Waals surface area contributed by atoms with Crippen molar-refractivity contribution in [2.75, 3.05) is 13.2 Å². The van der Waals surface area contributed by atoms with E-state index in [1.165, 1.54) is 12.5 Å². The summed E-state index contributed by atoms with van der Waals surface area (Å²) in [7, 11) is 0. The number of quaternary nitrogens is 1. The van der Waals surface area contributed by atoms with Crippen LogP contribution in [0.5, 0.6) is 0 Å². The SMILES string of the molecule is CC[C@H](C)[C@H](NC(=O)[C@H](Cc1cnc[nH]1)NC(=O)[C@H](Cc1c[nH]c2ccccc12)NC(=O)[C@H](CO)NC(=O)CNC(=O)[C@H](CC(N)=O)NC(=O)[C@@H](NC(=O)[C@H](CC(N)=O)NC(=O)[C@@H](NC(=O)[C@H](CC(C)C)NC(=O)[C@@H]([NH3+])CCC(N)=O)[C@@H](C)CC)[C@@H](C)O)C(=O)N[C@@H](CC(N)=O)C(=O)O. The Morgan fingerprint density at radius 2 is 0.980 bits per heavy atom. The summed E-state index contributed by atoms with van der Waals surface area (Å²) in [5, 5.41) is 57.4. The summed E-state index contributed by atoms with van der Waals surface area (Å²) >= 11 is 0. The molecule has 546 valence electrons. The number of nitrogens with one attached hydrogen (secondary N) is 13. The average Bonchev–Trinajstić information content (AvgIpc) is 1.76. The molecule has 0 unspecified atom stereocenters. The number of primary amides is 4. The smallest absolute Gasteiger partial charge is 0.326 e. The molecule has 2 heterocycles. The quantitative estimate of drug-likeness (QED) is 0.0250. The molecule has 1 aromatic carbocycles. The Morgan fingerprint density at radius 3 is 1.47 bits per heavy atom. The van der Waals surface area contributed by atoms with Crippen LogP contribution in [0.2, 0.25) is 0 Å². The molecule has 0 spiro atoms. The Kier molecular flexibility index (Phi) is 33.5. The van der Waals surface area contributed by atoms with Crippen LogP contribution in [-0.2, 0) is 89.6 Å². The lowest BCUT2D eigenvalue weighted by molar-refractivity contribution is -0.405. The zero-order chi connectivity index (χ0) is 74.5. The molecule has 0 aliphatic heterocycles. The third-order valence-electron chi connectivity index (χ3n) is 15.8. The number of hydrogen-bond acceptors (Lipinski definition) is 19. The summed E-state index contributed by atoms with van der Waals surface area (Å²) in [4.78, 5) is 222. The van der Waals surface area contributed by atoms with E-state index >= 15 is 0 Å². The first-order chi connectivity index (χ1) is 46.5. The largest absolute Gasteiger partial charge is 0.480 e. The van der Waals surface area contributed by atoms with E-state index in [2.05, 4.69) is 79.2 Å². The van der Waals surface area contributed by atoms with Crippen molar-refractivity contribution in [1.82, 2.24) is 73.4 Å². The van der Waals surface area contributed by atoms with Crippen LogP contribution >= 0.6 is 0 Å². The molecule has 14 atom stereocenters. The van der Waals surface area contributed by atoms with Gasteiger partial charge in [0.05, 0.1) is 44.8 Å². The third kappa shape index (κ3) is 27.4. The number of aromatic amines is 2. The Bertz CT molecular complexity index is 3360. The fraction of sp³-hybridized carbons (Fsp3) is 0.557. The van der Waals surface area contributed by atoms with Gasteiger partial charge < -0.3 is 112 Å². The second kappa shape index (κ2) is 40.2. The lowest BCUT2D eigenvalue weighted by Gasteiger charge is -2.29. The standard InChI is InChI=1S/C61H93N19O19/c1-8-28(5)48(78-54(91)36(16-27(3)4)72-51(88)34(62)14-15-43(63)83)58(95)76-40(20-45(65)85)56(93)80-50(30(7)82)60(97)75-39(19-44(64)84)52(89)69-24-47(87)71-42(25-81)57(94)73-37(17-31-22-68-35-13-11-10-12-33(31)35)53(90)74-38(18-32-23-67-26-70-32)55(92)79-49(29(6)9-2)59(96)77-41(61(98)99)21-46(66)86/h10-13,22-23,26-30,34,36-42,48-50,68,81-82H,8-9,14-21,24-25,62H2,1-7H3,(H2,63,83)(H2,64,84)(H2,65,85)(H2,66,86)(H,67,70)(H,69,89)(H,71,87)(H,72,88)(H,73,94)(H,74,90)(H,75,97)(H,76,95)(H,77,96)(H,78,91)(H,79,92)(H,80,93)(H,98,99)/p+1/t28-,29-,30+,34-,36-,37-,38-,39-,40-,41-,42-,48-,49-,50-/m0/s1. The number of aliphatic hydroxyl groups is 2. The number of fused-ring (bicyclic) bond motifs is 1. The van der Waals surface area contributed by atoms with E-state index in [1.807, 2.05) is 0 Å². The van der Waals surface area contributed by atoms with E-state index in [0.717, 1.165) is 6.92 Å². The van der Waals surface area contributed by atoms with Crippen molar-refractivity contribution >= 4 is 105 Å². The fourth-order valence-electron chi connectivity index (χ4n) is 9.85. The summed E-state index contributed by atoms with van der Waals surface area (Å²) in [6.45, 7) is 8.87. The highest BCUT2D eigenvalue weighted by atomic mass is 16.4. The van der Waals surface area contributed by atoms with Gasteiger partial charge in [-0.3, -0.25) is 71.9 Å². The molecule has 0 saturated heterocycles. The van der Waals surface area contributed by atoms with Crippen LogP contribution in [0.4, 0.5) is 0 Å². The van der Waals surface area contributed by atoms with Crippen molar-refractivity contribution in [3.05, 3.63) is 54.2 Å². The topological polar surface area (TPSA) is 642 Å². The Morgan fingerprint density at radius 1 is 0.525 bits per heavy atom. The van der Waals surface area contributed by atoms with Crippen molar-refractivity contribution < 1.29 is 97.8 Å². The van der Waals surface area contributed by atoms with E-state index < -0.39 is 211 Å². The van der Waals surface area contributed by atoms with Gasteiger partial charge in [0.2, 0.25) is 82.7 Å². The number of aliphatic hydroxyl groups excluding tert-OH is 2. The highest BCUT2D eigenvalue weighted by Crippen LogP contribution is 2.20. The summed E-state index contributed by atoms with van der Waals surface area (Å²) in [6.07, 6.45) is -0.520. The number of rotatable bonds is 44. The second-order valence-electron chi connectivity index (χ2n) is 24.4. The minimum Gasteiger partial charge on any atom is -0.480 e. The van der Waals surface area contributed by atoms with Crippen molar-refractivity contribution in [3.8, 4) is 0 Å². The highest BCUT2D eigenvalue weighted by molar-refractivity contribution is 6.01. The lowest BCUT2D eigenvalue weighted by atomic mass is 9.96. The van der Waals surface area contributed by atoms with Gasteiger partial charge in [-0.2, -0.15) is 0 Å². The first-order valence-corrected chi connectivity index (χ1v) is 31.8. The van der Waals surface area contributed by atoms with Crippen LogP contribution in [-0.4, -0.2) is 211 Å². The van der Waals surface area contributed by atoms with Crippen LogP contribution in [0, 0.1) is 17.8 Å². The van der Waals surface area contributed by atoms with E-state index in [1.54, 1.807) is 72.0 Å². The summed E-state index contributed by atoms with van der Waals surface area (Å²) in [5.74, 6) is -19.0. The van der Waals surface area contributed by atoms with Crippen molar-refractivity contribution in [2.45, 2.75) is 185 Å². The van der Waals surface area contributed by atoms with Crippen molar-refractivity contribution in [1.29, 1.82) is 0 Å². The predicted octanol–water partition coefficient (Wildman–Crippen LogP) is -8.26. The normalized spacial score (nSPS) is 15.4. The first kappa shape index (κ1) is 82.6. The maximum absolute atomic E-state index is 14.6.